The molecule has 27 heavy (non-hydrogen) atoms. The van der Waals surface area contributed by atoms with Gasteiger partial charge in [0.15, 0.2) is 11.6 Å². The van der Waals surface area contributed by atoms with Crippen LogP contribution in [0.1, 0.15) is 0 Å². The van der Waals surface area contributed by atoms with Crippen LogP contribution in [-0.2, 0) is 4.79 Å². The molecule has 0 aromatic carbocycles. The average Bonchev–Trinajstić information content (AvgIpc) is 3.12. The van der Waals surface area contributed by atoms with Gasteiger partial charge < -0.3 is 14.7 Å². The Morgan fingerprint density at radius 3 is 2.59 bits per heavy atom. The number of carbonyl (C=O) groups is 1. The second kappa shape index (κ2) is 7.23. The zero-order valence-electron chi connectivity index (χ0n) is 15.4. The van der Waals surface area contributed by atoms with E-state index in [1.54, 1.807) is 24.8 Å². The van der Waals surface area contributed by atoms with Crippen molar-refractivity contribution < 1.29 is 4.79 Å². The highest BCUT2D eigenvalue weighted by molar-refractivity contribution is 5.78. The van der Waals surface area contributed by atoms with Crippen molar-refractivity contribution in [1.29, 1.82) is 0 Å². The number of anilines is 1. The van der Waals surface area contributed by atoms with Gasteiger partial charge in [-0.15, -0.1) is 10.2 Å². The molecule has 1 saturated heterocycles. The number of likely N-dealkylation sites (N-methyl/N-ethyl adjacent to an activating group) is 1. The first-order valence-corrected chi connectivity index (χ1v) is 8.77. The first-order valence-electron chi connectivity index (χ1n) is 8.77. The summed E-state index contributed by atoms with van der Waals surface area (Å²) in [6, 6.07) is 0. The molecule has 0 spiro atoms. The lowest BCUT2D eigenvalue weighted by atomic mass is 10.3. The van der Waals surface area contributed by atoms with E-state index in [4.69, 9.17) is 0 Å². The highest BCUT2D eigenvalue weighted by atomic mass is 16.2. The Labute approximate surface area is 156 Å². The van der Waals surface area contributed by atoms with Crippen molar-refractivity contribution in [3.05, 3.63) is 31.0 Å². The van der Waals surface area contributed by atoms with Crippen molar-refractivity contribution in [3.8, 4) is 11.5 Å². The summed E-state index contributed by atoms with van der Waals surface area (Å²) in [6.45, 7) is 3.18. The molecule has 1 aliphatic rings. The van der Waals surface area contributed by atoms with Crippen LogP contribution in [0, 0.1) is 0 Å². The second-order valence-electron chi connectivity index (χ2n) is 6.66. The Morgan fingerprint density at radius 2 is 1.89 bits per heavy atom. The molecular formula is C17H21N9O. The first-order chi connectivity index (χ1) is 13.1. The molecule has 1 aliphatic heterocycles. The lowest BCUT2D eigenvalue weighted by molar-refractivity contribution is -0.132. The van der Waals surface area contributed by atoms with Crippen LogP contribution in [-0.4, -0.2) is 92.1 Å². The summed E-state index contributed by atoms with van der Waals surface area (Å²) < 4.78 is 1.87. The average molecular weight is 367 g/mol. The van der Waals surface area contributed by atoms with E-state index in [0.717, 1.165) is 5.82 Å². The molecule has 1 fully saturated rings. The molecule has 0 bridgehead atoms. The number of hydrogen-bond acceptors (Lipinski definition) is 8. The van der Waals surface area contributed by atoms with Gasteiger partial charge in [-0.3, -0.25) is 14.2 Å². The van der Waals surface area contributed by atoms with E-state index in [-0.39, 0.29) is 5.91 Å². The molecule has 0 aliphatic carbocycles. The normalized spacial score (nSPS) is 14.9. The van der Waals surface area contributed by atoms with Crippen molar-refractivity contribution in [3.63, 3.8) is 0 Å². The fourth-order valence-electron chi connectivity index (χ4n) is 3.16. The number of aromatic nitrogens is 6. The van der Waals surface area contributed by atoms with Crippen LogP contribution in [0.4, 0.5) is 5.82 Å². The smallest absolute Gasteiger partial charge is 0.236 e. The van der Waals surface area contributed by atoms with Crippen LogP contribution in [0.3, 0.4) is 0 Å². The molecule has 10 heteroatoms. The molecule has 1 amide bonds. The summed E-state index contributed by atoms with van der Waals surface area (Å²) in [6.07, 6.45) is 8.46. The topological polar surface area (TPSA) is 95.7 Å². The molecule has 4 heterocycles. The molecule has 140 valence electrons. The number of amides is 1. The molecule has 10 nitrogen and oxygen atoms in total. The van der Waals surface area contributed by atoms with E-state index >= 15 is 0 Å². The fourth-order valence-corrected chi connectivity index (χ4v) is 3.16. The minimum atomic E-state index is 0.151. The maximum absolute atomic E-state index is 12.2. The van der Waals surface area contributed by atoms with Gasteiger partial charge in [0.25, 0.3) is 0 Å². The van der Waals surface area contributed by atoms with Gasteiger partial charge in [0.1, 0.15) is 5.69 Å². The van der Waals surface area contributed by atoms with Crippen molar-refractivity contribution in [1.82, 2.24) is 39.3 Å². The van der Waals surface area contributed by atoms with Crippen LogP contribution in [0.5, 0.6) is 0 Å². The number of piperazine rings is 1. The van der Waals surface area contributed by atoms with Crippen LogP contribution in [0.25, 0.3) is 17.2 Å². The zero-order valence-corrected chi connectivity index (χ0v) is 15.4. The van der Waals surface area contributed by atoms with Crippen molar-refractivity contribution in [2.24, 2.45) is 0 Å². The third-order valence-electron chi connectivity index (χ3n) is 4.48. The molecule has 3 aromatic rings. The summed E-state index contributed by atoms with van der Waals surface area (Å²) in [7, 11) is 3.80. The van der Waals surface area contributed by atoms with Gasteiger partial charge in [0.05, 0.1) is 12.7 Å². The predicted molar refractivity (Wildman–Crippen MR) is 99.2 cm³/mol. The minimum Gasteiger partial charge on any atom is -0.350 e. The lowest BCUT2D eigenvalue weighted by Crippen LogP contribution is -2.51. The number of nitrogens with zero attached hydrogens (tertiary/aromatic N) is 9. The van der Waals surface area contributed by atoms with Gasteiger partial charge in [0, 0.05) is 51.0 Å². The van der Waals surface area contributed by atoms with Crippen LogP contribution in [0.15, 0.2) is 31.0 Å². The Balaban J connectivity index is 1.55. The fraction of sp³-hybridized carbons (Fsp3) is 0.412. The van der Waals surface area contributed by atoms with Crippen LogP contribution >= 0.6 is 0 Å². The quantitative estimate of drug-likeness (QED) is 0.625. The standard InChI is InChI=1S/C17H21N9O/c1-23(2)12-14(27)24-7-9-25(10-8-24)16-17-22-21-15(26(17)6-5-20-16)13-11-18-3-4-19-13/h3-6,11H,7-10,12H2,1-2H3. The van der Waals surface area contributed by atoms with E-state index in [1.807, 2.05) is 34.5 Å². The molecule has 0 unspecified atom stereocenters. The highest BCUT2D eigenvalue weighted by Gasteiger charge is 2.24. The number of carbonyl (C=O) groups excluding carboxylic acids is 1. The third kappa shape index (κ3) is 3.43. The highest BCUT2D eigenvalue weighted by Crippen LogP contribution is 2.22. The van der Waals surface area contributed by atoms with Gasteiger partial charge in [-0.2, -0.15) is 0 Å². The second-order valence-corrected chi connectivity index (χ2v) is 6.66. The van der Waals surface area contributed by atoms with E-state index in [2.05, 4.69) is 30.0 Å². The van der Waals surface area contributed by atoms with E-state index < -0.39 is 0 Å². The largest absolute Gasteiger partial charge is 0.350 e. The van der Waals surface area contributed by atoms with Gasteiger partial charge in [-0.05, 0) is 14.1 Å². The molecule has 0 radical (unpaired) electrons. The molecular weight excluding hydrogens is 346 g/mol. The van der Waals surface area contributed by atoms with E-state index in [9.17, 15) is 4.79 Å². The first kappa shape index (κ1) is 17.3. The van der Waals surface area contributed by atoms with Gasteiger partial charge >= 0.3 is 0 Å². The number of rotatable bonds is 4. The Hall–Kier alpha value is -3.14. The SMILES string of the molecule is CN(C)CC(=O)N1CCN(c2nccn3c(-c4cnccn4)nnc23)CC1. The lowest BCUT2D eigenvalue weighted by Gasteiger charge is -2.35. The predicted octanol–water partition coefficient (Wildman–Crippen LogP) is -0.208. The van der Waals surface area contributed by atoms with E-state index in [0.29, 0.717) is 49.9 Å². The Kier molecular flexibility index (Phi) is 4.63. The zero-order chi connectivity index (χ0) is 18.8. The van der Waals surface area contributed by atoms with E-state index in [1.165, 1.54) is 0 Å². The summed E-state index contributed by atoms with van der Waals surface area (Å²) in [5, 5.41) is 8.59. The molecule has 4 rings (SSSR count). The third-order valence-corrected chi connectivity index (χ3v) is 4.48. The van der Waals surface area contributed by atoms with Crippen LogP contribution < -0.4 is 4.90 Å². The van der Waals surface area contributed by atoms with Gasteiger partial charge in [-0.25, -0.2) is 9.97 Å². The van der Waals surface area contributed by atoms with Crippen molar-refractivity contribution >= 4 is 17.4 Å². The molecule has 0 saturated carbocycles. The summed E-state index contributed by atoms with van der Waals surface area (Å²) in [4.78, 5) is 31.1. The number of hydrogen-bond donors (Lipinski definition) is 0. The minimum absolute atomic E-state index is 0.151. The molecule has 0 atom stereocenters. The summed E-state index contributed by atoms with van der Waals surface area (Å²) in [5.74, 6) is 1.54. The number of fused-ring (bicyclic) bond motifs is 1. The summed E-state index contributed by atoms with van der Waals surface area (Å²) >= 11 is 0. The maximum Gasteiger partial charge on any atom is 0.236 e. The Bertz CT molecular complexity index is 932. The Morgan fingerprint density at radius 1 is 1.07 bits per heavy atom. The van der Waals surface area contributed by atoms with Gasteiger partial charge in [-0.1, -0.05) is 0 Å². The maximum atomic E-state index is 12.2. The molecule has 3 aromatic heterocycles. The van der Waals surface area contributed by atoms with Gasteiger partial charge in [0.2, 0.25) is 11.6 Å². The molecule has 0 N–H and O–H groups in total. The van der Waals surface area contributed by atoms with Crippen LogP contribution in [0.2, 0.25) is 0 Å². The monoisotopic (exact) mass is 367 g/mol. The summed E-state index contributed by atoms with van der Waals surface area (Å²) in [5.41, 5.74) is 1.33. The van der Waals surface area contributed by atoms with Crippen molar-refractivity contribution in [2.75, 3.05) is 51.7 Å². The van der Waals surface area contributed by atoms with Crippen molar-refractivity contribution in [2.45, 2.75) is 0 Å².